The topological polar surface area (TPSA) is 54.9 Å². The van der Waals surface area contributed by atoms with Gasteiger partial charge in [-0.3, -0.25) is 0 Å². The highest BCUT2D eigenvalue weighted by molar-refractivity contribution is 7.17. The van der Waals surface area contributed by atoms with E-state index in [9.17, 15) is 5.11 Å². The third-order valence-corrected chi connectivity index (χ3v) is 5.97. The molecule has 0 unspecified atom stereocenters. The Hall–Kier alpha value is -1.92. The molecule has 0 aliphatic carbocycles. The van der Waals surface area contributed by atoms with Crippen LogP contribution in [-0.2, 0) is 6.42 Å². The molecule has 0 amide bonds. The molecule has 24 heavy (non-hydrogen) atoms. The summed E-state index contributed by atoms with van der Waals surface area (Å²) in [7, 11) is 0. The van der Waals surface area contributed by atoms with E-state index >= 15 is 0 Å². The van der Waals surface area contributed by atoms with Crippen LogP contribution in [0.4, 0.5) is 0 Å². The number of fused-ring (bicyclic) bond motifs is 1. The number of nitrogens with zero attached hydrogens (tertiary/aromatic N) is 3. The minimum atomic E-state index is 0.159. The number of nitrogens with one attached hydrogen (secondary N) is 1. The molecule has 2 aromatic heterocycles. The van der Waals surface area contributed by atoms with Crippen LogP contribution in [0.15, 0.2) is 24.3 Å². The Balaban J connectivity index is 1.82. The third kappa shape index (κ3) is 2.59. The summed E-state index contributed by atoms with van der Waals surface area (Å²) < 4.78 is 1.61. The molecule has 0 radical (unpaired) electrons. The van der Waals surface area contributed by atoms with Crippen molar-refractivity contribution in [2.75, 3.05) is 13.1 Å². The number of benzene rings is 1. The van der Waals surface area contributed by atoms with Gasteiger partial charge in [0.25, 0.3) is 0 Å². The molecule has 2 N–H and O–H groups in total. The van der Waals surface area contributed by atoms with Gasteiger partial charge in [0.05, 0.1) is 13.1 Å². The lowest BCUT2D eigenvalue weighted by Crippen LogP contribution is -3.10. The van der Waals surface area contributed by atoms with E-state index in [2.05, 4.69) is 41.3 Å². The minimum absolute atomic E-state index is 0.159. The zero-order valence-electron chi connectivity index (χ0n) is 14.1. The molecule has 0 saturated carbocycles. The molecule has 3 aromatic rings. The molecule has 1 fully saturated rings. The van der Waals surface area contributed by atoms with Gasteiger partial charge in [0, 0.05) is 24.8 Å². The maximum absolute atomic E-state index is 10.8. The lowest BCUT2D eigenvalue weighted by Gasteiger charge is -2.24. The summed E-state index contributed by atoms with van der Waals surface area (Å²) >= 11 is 1.57. The molecule has 5 nitrogen and oxygen atoms in total. The summed E-state index contributed by atoms with van der Waals surface area (Å²) in [5, 5.41) is 15.2. The number of likely N-dealkylation sites (tertiary alicyclic amines) is 1. The lowest BCUT2D eigenvalue weighted by molar-refractivity contribution is -0.913. The van der Waals surface area contributed by atoms with Crippen molar-refractivity contribution in [3.05, 3.63) is 46.1 Å². The molecule has 3 heterocycles. The second-order valence-corrected chi connectivity index (χ2v) is 7.58. The van der Waals surface area contributed by atoms with Gasteiger partial charge in [0.2, 0.25) is 10.8 Å². The second kappa shape index (κ2) is 6.18. The summed E-state index contributed by atoms with van der Waals surface area (Å²) in [4.78, 5) is 7.82. The molecular weight excluding hydrogens is 320 g/mol. The Morgan fingerprint density at radius 1 is 1.25 bits per heavy atom. The van der Waals surface area contributed by atoms with Crippen LogP contribution >= 0.6 is 11.3 Å². The molecule has 4 rings (SSSR count). The van der Waals surface area contributed by atoms with Crippen molar-refractivity contribution in [3.63, 3.8) is 0 Å². The molecule has 1 saturated heterocycles. The number of hydrogen-bond donors (Lipinski definition) is 2. The Labute approximate surface area is 145 Å². The number of thiazole rings is 1. The first kappa shape index (κ1) is 15.6. The quantitative estimate of drug-likeness (QED) is 0.763. The molecule has 0 spiro atoms. The summed E-state index contributed by atoms with van der Waals surface area (Å²) in [5.74, 6) is 1.04. The van der Waals surface area contributed by atoms with Crippen LogP contribution in [0.25, 0.3) is 4.96 Å². The number of quaternary nitrogens is 1. The predicted octanol–water partition coefficient (Wildman–Crippen LogP) is 2.14. The average Bonchev–Trinajstić information content (AvgIpc) is 3.29. The van der Waals surface area contributed by atoms with E-state index in [0.717, 1.165) is 35.2 Å². The van der Waals surface area contributed by atoms with Gasteiger partial charge in [0.15, 0.2) is 11.9 Å². The van der Waals surface area contributed by atoms with Crippen LogP contribution < -0.4 is 4.90 Å². The second-order valence-electron chi connectivity index (χ2n) is 6.57. The third-order valence-electron chi connectivity index (χ3n) is 4.89. The van der Waals surface area contributed by atoms with Crippen LogP contribution in [0.2, 0.25) is 0 Å². The highest BCUT2D eigenvalue weighted by atomic mass is 32.1. The number of hydrogen-bond acceptors (Lipinski definition) is 4. The number of rotatable bonds is 4. The summed E-state index contributed by atoms with van der Waals surface area (Å²) in [6, 6.07) is 8.85. The fourth-order valence-electron chi connectivity index (χ4n) is 3.58. The normalized spacial score (nSPS) is 16.9. The van der Waals surface area contributed by atoms with E-state index in [1.54, 1.807) is 15.9 Å². The van der Waals surface area contributed by atoms with E-state index in [4.69, 9.17) is 0 Å². The highest BCUT2D eigenvalue weighted by Gasteiger charge is 2.34. The minimum Gasteiger partial charge on any atom is -0.492 e. The van der Waals surface area contributed by atoms with Crippen LogP contribution in [0.5, 0.6) is 5.88 Å². The van der Waals surface area contributed by atoms with E-state index in [-0.39, 0.29) is 11.9 Å². The fourth-order valence-corrected chi connectivity index (χ4v) is 4.74. The first-order chi connectivity index (χ1) is 11.7. The number of aromatic hydroxyl groups is 1. The van der Waals surface area contributed by atoms with Crippen molar-refractivity contribution in [2.45, 2.75) is 39.2 Å². The average molecular weight is 343 g/mol. The van der Waals surface area contributed by atoms with E-state index in [1.807, 2.05) is 6.92 Å². The first-order valence-electron chi connectivity index (χ1n) is 8.66. The molecule has 1 aliphatic rings. The van der Waals surface area contributed by atoms with E-state index < -0.39 is 0 Å². The molecule has 1 aliphatic heterocycles. The van der Waals surface area contributed by atoms with Crippen molar-refractivity contribution in [2.24, 2.45) is 0 Å². The Bertz CT molecular complexity index is 846. The fraction of sp³-hybridized carbons (Fsp3) is 0.444. The lowest BCUT2D eigenvalue weighted by atomic mass is 10.0. The first-order valence-corrected chi connectivity index (χ1v) is 9.47. The maximum atomic E-state index is 10.8. The van der Waals surface area contributed by atoms with Crippen LogP contribution in [0.3, 0.4) is 0 Å². The van der Waals surface area contributed by atoms with Gasteiger partial charge in [-0.05, 0) is 6.92 Å². The monoisotopic (exact) mass is 343 g/mol. The SMILES string of the molecule is CCc1nc2sc([C@H](c3ccc(C)cc3)[NH+]3CCCC3)c(O)n2n1. The molecule has 0 bridgehead atoms. The van der Waals surface area contributed by atoms with Crippen LogP contribution in [0, 0.1) is 6.92 Å². The van der Waals surface area contributed by atoms with E-state index in [0.29, 0.717) is 0 Å². The van der Waals surface area contributed by atoms with Gasteiger partial charge < -0.3 is 10.0 Å². The van der Waals surface area contributed by atoms with Crippen molar-refractivity contribution < 1.29 is 10.0 Å². The van der Waals surface area contributed by atoms with Gasteiger partial charge in [-0.1, -0.05) is 48.1 Å². The zero-order valence-corrected chi connectivity index (χ0v) is 14.9. The highest BCUT2D eigenvalue weighted by Crippen LogP contribution is 2.35. The maximum Gasteiger partial charge on any atom is 0.235 e. The molecule has 6 heteroatoms. The van der Waals surface area contributed by atoms with Crippen molar-refractivity contribution in [1.82, 2.24) is 14.6 Å². The summed E-state index contributed by atoms with van der Waals surface area (Å²) in [5.41, 5.74) is 2.52. The van der Waals surface area contributed by atoms with Gasteiger partial charge in [-0.15, -0.1) is 5.10 Å². The Morgan fingerprint density at radius 3 is 2.58 bits per heavy atom. The molecule has 126 valence electrons. The van der Waals surface area contributed by atoms with Crippen LogP contribution in [0.1, 0.15) is 47.6 Å². The Kier molecular flexibility index (Phi) is 4.02. The van der Waals surface area contributed by atoms with Crippen LogP contribution in [-0.4, -0.2) is 32.8 Å². The van der Waals surface area contributed by atoms with Crippen molar-refractivity contribution in [3.8, 4) is 5.88 Å². The van der Waals surface area contributed by atoms with Crippen molar-refractivity contribution in [1.29, 1.82) is 0 Å². The number of aromatic nitrogens is 3. The van der Waals surface area contributed by atoms with Gasteiger partial charge in [-0.2, -0.15) is 4.52 Å². The summed E-state index contributed by atoms with van der Waals surface area (Å²) in [6.07, 6.45) is 3.28. The standard InChI is InChI=1S/C18H22N4OS/c1-3-14-19-18-22(20-14)17(23)16(24-18)15(21-10-4-5-11-21)13-8-6-12(2)7-9-13/h6-9,15,23H,3-5,10-11H2,1-2H3/p+1/t15-/m0/s1. The van der Waals surface area contributed by atoms with Gasteiger partial charge in [-0.25, -0.2) is 4.98 Å². The largest absolute Gasteiger partial charge is 0.492 e. The zero-order chi connectivity index (χ0) is 16.7. The van der Waals surface area contributed by atoms with Gasteiger partial charge in [0.1, 0.15) is 4.88 Å². The van der Waals surface area contributed by atoms with E-state index in [1.165, 1.54) is 28.9 Å². The van der Waals surface area contributed by atoms with Gasteiger partial charge >= 0.3 is 0 Å². The predicted molar refractivity (Wildman–Crippen MR) is 94.9 cm³/mol. The molecule has 1 atom stereocenters. The smallest absolute Gasteiger partial charge is 0.235 e. The molecular formula is C18H23N4OS+. The molecule has 1 aromatic carbocycles. The Morgan fingerprint density at radius 2 is 1.96 bits per heavy atom. The number of aryl methyl sites for hydroxylation is 2. The summed E-state index contributed by atoms with van der Waals surface area (Å²) in [6.45, 7) is 6.42. The van der Waals surface area contributed by atoms with Crippen molar-refractivity contribution >= 4 is 16.3 Å².